The molecule has 2 amide bonds. The van der Waals surface area contributed by atoms with Crippen molar-refractivity contribution in [3.8, 4) is 22.6 Å². The molecule has 0 radical (unpaired) electrons. The second-order valence-corrected chi connectivity index (χ2v) is 9.98. The molecule has 1 fully saturated rings. The average molecular weight is 558 g/mol. The smallest absolute Gasteiger partial charge is 0.243 e. The van der Waals surface area contributed by atoms with Gasteiger partial charge in [-0.1, -0.05) is 35.8 Å². The Balaban J connectivity index is 1.63. The lowest BCUT2D eigenvalue weighted by molar-refractivity contribution is -0.132. The Kier molecular flexibility index (Phi) is 8.28. The Hall–Kier alpha value is -3.56. The van der Waals surface area contributed by atoms with E-state index in [1.165, 1.54) is 20.3 Å². The van der Waals surface area contributed by atoms with E-state index in [4.69, 9.17) is 32.7 Å². The lowest BCUT2D eigenvalue weighted by Crippen LogP contribution is -2.43. The predicted molar refractivity (Wildman–Crippen MR) is 149 cm³/mol. The van der Waals surface area contributed by atoms with E-state index in [9.17, 15) is 9.59 Å². The fourth-order valence-corrected chi connectivity index (χ4v) is 5.45. The van der Waals surface area contributed by atoms with Gasteiger partial charge in [0, 0.05) is 43.2 Å². The third-order valence-corrected chi connectivity index (χ3v) is 7.37. The first kappa shape index (κ1) is 27.5. The second-order valence-electron chi connectivity index (χ2n) is 9.22. The number of aromatic nitrogens is 2. The quantitative estimate of drug-likeness (QED) is 0.391. The van der Waals surface area contributed by atoms with Crippen LogP contribution in [-0.2, 0) is 9.59 Å². The molecule has 1 heterocycles. The maximum atomic E-state index is 12.6. The molecular formula is C27H29Cl2N5O4. The summed E-state index contributed by atoms with van der Waals surface area (Å²) in [5.41, 5.74) is 2.03. The van der Waals surface area contributed by atoms with Gasteiger partial charge in [-0.2, -0.15) is 0 Å². The van der Waals surface area contributed by atoms with Gasteiger partial charge < -0.3 is 25.0 Å². The van der Waals surface area contributed by atoms with Gasteiger partial charge in [-0.25, -0.2) is 9.97 Å². The van der Waals surface area contributed by atoms with Crippen molar-refractivity contribution in [1.82, 2.24) is 20.2 Å². The van der Waals surface area contributed by atoms with Crippen LogP contribution < -0.4 is 20.1 Å². The van der Waals surface area contributed by atoms with E-state index in [0.29, 0.717) is 51.4 Å². The molecule has 0 saturated heterocycles. The van der Waals surface area contributed by atoms with Crippen LogP contribution in [0.1, 0.15) is 12.8 Å². The molecule has 4 rings (SSSR count). The Labute approximate surface area is 231 Å². The zero-order valence-corrected chi connectivity index (χ0v) is 23.1. The van der Waals surface area contributed by atoms with Crippen LogP contribution in [0.15, 0.2) is 43.1 Å². The molecule has 3 atom stereocenters. The van der Waals surface area contributed by atoms with Gasteiger partial charge in [0.1, 0.15) is 11.5 Å². The standard InChI is InChI=1S/C27H29Cl2N5O4/c1-6-22(35)31-18-10-15(26(36)34(2)3)11-19(18)33-27-30-13-16-9-14(7-8-17(16)32-27)23-24(28)20(37-4)12-21(38-5)25(23)29/h6-9,12-13,15,18-19H,1,10-11H2,2-5H3,(H,31,35)(H,30,32,33)/t15-,18?,19?/m0/s1. The highest BCUT2D eigenvalue weighted by Crippen LogP contribution is 2.46. The van der Waals surface area contributed by atoms with Gasteiger partial charge in [-0.15, -0.1) is 0 Å². The van der Waals surface area contributed by atoms with Gasteiger partial charge in [0.25, 0.3) is 0 Å². The van der Waals surface area contributed by atoms with Crippen LogP contribution in [0.25, 0.3) is 22.0 Å². The zero-order chi connectivity index (χ0) is 27.6. The summed E-state index contributed by atoms with van der Waals surface area (Å²) < 4.78 is 10.8. The summed E-state index contributed by atoms with van der Waals surface area (Å²) in [7, 11) is 6.50. The number of nitrogens with zero attached hydrogens (tertiary/aromatic N) is 3. The van der Waals surface area contributed by atoms with E-state index in [-0.39, 0.29) is 29.8 Å². The molecule has 38 heavy (non-hydrogen) atoms. The molecule has 2 aromatic carbocycles. The van der Waals surface area contributed by atoms with Crippen LogP contribution in [0.2, 0.25) is 10.0 Å². The highest BCUT2D eigenvalue weighted by Gasteiger charge is 2.39. The zero-order valence-electron chi connectivity index (χ0n) is 21.5. The molecule has 0 spiro atoms. The van der Waals surface area contributed by atoms with Crippen LogP contribution in [0.5, 0.6) is 11.5 Å². The van der Waals surface area contributed by atoms with Gasteiger partial charge in [0.15, 0.2) is 0 Å². The third-order valence-electron chi connectivity index (χ3n) is 6.62. The number of benzene rings is 2. The summed E-state index contributed by atoms with van der Waals surface area (Å²) in [6.07, 6.45) is 3.96. The van der Waals surface area contributed by atoms with Gasteiger partial charge in [-0.3, -0.25) is 9.59 Å². The second kappa shape index (κ2) is 11.4. The first-order valence-corrected chi connectivity index (χ1v) is 12.7. The number of amides is 2. The van der Waals surface area contributed by atoms with Crippen molar-refractivity contribution < 1.29 is 19.1 Å². The van der Waals surface area contributed by atoms with Crippen molar-refractivity contribution in [2.24, 2.45) is 5.92 Å². The SMILES string of the molecule is C=CC(=O)NC1C[C@H](C(=O)N(C)C)CC1Nc1ncc2cc(-c3c(Cl)c(OC)cc(OC)c3Cl)ccc2n1. The number of nitrogens with one attached hydrogen (secondary N) is 2. The van der Waals surface area contributed by atoms with Crippen LogP contribution in [0, 0.1) is 5.92 Å². The summed E-state index contributed by atoms with van der Waals surface area (Å²) in [4.78, 5) is 35.3. The summed E-state index contributed by atoms with van der Waals surface area (Å²) in [6.45, 7) is 3.52. The van der Waals surface area contributed by atoms with Crippen molar-refractivity contribution in [1.29, 1.82) is 0 Å². The monoisotopic (exact) mass is 557 g/mol. The number of carbonyl (C=O) groups excluding carboxylic acids is 2. The number of carbonyl (C=O) groups is 2. The summed E-state index contributed by atoms with van der Waals surface area (Å²) in [5.74, 6) is 0.781. The molecule has 0 aliphatic heterocycles. The molecule has 3 aromatic rings. The first-order valence-electron chi connectivity index (χ1n) is 11.9. The minimum Gasteiger partial charge on any atom is -0.495 e. The van der Waals surface area contributed by atoms with Gasteiger partial charge in [0.2, 0.25) is 17.8 Å². The Morgan fingerprint density at radius 2 is 1.74 bits per heavy atom. The van der Waals surface area contributed by atoms with Crippen LogP contribution in [-0.4, -0.2) is 67.1 Å². The fourth-order valence-electron chi connectivity index (χ4n) is 4.73. The summed E-state index contributed by atoms with van der Waals surface area (Å²) in [6, 6.07) is 6.73. The Morgan fingerprint density at radius 1 is 1.08 bits per heavy atom. The van der Waals surface area contributed by atoms with E-state index in [0.717, 1.165) is 10.9 Å². The van der Waals surface area contributed by atoms with Crippen molar-refractivity contribution in [3.63, 3.8) is 0 Å². The van der Waals surface area contributed by atoms with Crippen LogP contribution in [0.4, 0.5) is 5.95 Å². The molecule has 1 aliphatic carbocycles. The van der Waals surface area contributed by atoms with E-state index >= 15 is 0 Å². The third kappa shape index (κ3) is 5.49. The van der Waals surface area contributed by atoms with Crippen molar-refractivity contribution in [2.75, 3.05) is 33.6 Å². The molecule has 9 nitrogen and oxygen atoms in total. The molecule has 1 saturated carbocycles. The highest BCUT2D eigenvalue weighted by atomic mass is 35.5. The summed E-state index contributed by atoms with van der Waals surface area (Å²) >= 11 is 13.2. The van der Waals surface area contributed by atoms with Crippen molar-refractivity contribution in [3.05, 3.63) is 53.2 Å². The van der Waals surface area contributed by atoms with E-state index < -0.39 is 0 Å². The predicted octanol–water partition coefficient (Wildman–Crippen LogP) is 4.57. The number of rotatable bonds is 8. The van der Waals surface area contributed by atoms with E-state index in [2.05, 4.69) is 27.2 Å². The fraction of sp³-hybridized carbons (Fsp3) is 0.333. The minimum absolute atomic E-state index is 0.0191. The number of fused-ring (bicyclic) bond motifs is 1. The van der Waals surface area contributed by atoms with Crippen LogP contribution in [0.3, 0.4) is 0 Å². The highest BCUT2D eigenvalue weighted by molar-refractivity contribution is 6.41. The van der Waals surface area contributed by atoms with Crippen molar-refractivity contribution in [2.45, 2.75) is 24.9 Å². The number of methoxy groups -OCH3 is 2. The van der Waals surface area contributed by atoms with Gasteiger partial charge in [-0.05, 0) is 36.6 Å². The topological polar surface area (TPSA) is 106 Å². The molecule has 0 bridgehead atoms. The normalized spacial score (nSPS) is 18.6. The minimum atomic E-state index is -0.293. The molecule has 2 N–H and O–H groups in total. The maximum absolute atomic E-state index is 12.6. The molecule has 200 valence electrons. The molecule has 11 heteroatoms. The lowest BCUT2D eigenvalue weighted by atomic mass is 10.0. The maximum Gasteiger partial charge on any atom is 0.243 e. The Morgan fingerprint density at radius 3 is 2.34 bits per heavy atom. The molecule has 2 unspecified atom stereocenters. The molecule has 1 aromatic heterocycles. The number of anilines is 1. The number of halogens is 2. The number of ether oxygens (including phenoxy) is 2. The largest absolute Gasteiger partial charge is 0.495 e. The average Bonchev–Trinajstić information content (AvgIpc) is 3.29. The van der Waals surface area contributed by atoms with Gasteiger partial charge in [0.05, 0.1) is 41.9 Å². The van der Waals surface area contributed by atoms with Crippen LogP contribution >= 0.6 is 23.2 Å². The molecule has 1 aliphatic rings. The summed E-state index contributed by atoms with van der Waals surface area (Å²) in [5, 5.41) is 7.74. The van der Waals surface area contributed by atoms with Crippen molar-refractivity contribution >= 4 is 51.9 Å². The van der Waals surface area contributed by atoms with E-state index in [1.54, 1.807) is 31.3 Å². The first-order chi connectivity index (χ1) is 18.2. The van der Waals surface area contributed by atoms with Gasteiger partial charge >= 0.3 is 0 Å². The lowest BCUT2D eigenvalue weighted by Gasteiger charge is -2.21. The Bertz CT molecular complexity index is 1370. The molecular weight excluding hydrogens is 529 g/mol. The van der Waals surface area contributed by atoms with E-state index in [1.807, 2.05) is 18.2 Å². The number of hydrogen-bond donors (Lipinski definition) is 2. The number of hydrogen-bond acceptors (Lipinski definition) is 7.